The first-order valence-corrected chi connectivity index (χ1v) is 7.76. The summed E-state index contributed by atoms with van der Waals surface area (Å²) in [6, 6.07) is 10.4. The second kappa shape index (κ2) is 5.60. The van der Waals surface area contributed by atoms with Crippen LogP contribution in [0.1, 0.15) is 39.5 Å². The number of nitrogens with zero attached hydrogens (tertiary/aromatic N) is 2. The van der Waals surface area contributed by atoms with Gasteiger partial charge >= 0.3 is 0 Å². The average Bonchev–Trinajstić information content (AvgIpc) is 2.90. The van der Waals surface area contributed by atoms with Crippen LogP contribution in [0.5, 0.6) is 0 Å². The Kier molecular flexibility index (Phi) is 3.66. The lowest BCUT2D eigenvalue weighted by Crippen LogP contribution is -1.99. The first-order chi connectivity index (χ1) is 9.78. The van der Waals surface area contributed by atoms with Crippen LogP contribution in [0.3, 0.4) is 0 Å². The normalized spacial score (nSPS) is 14.7. The van der Waals surface area contributed by atoms with E-state index in [9.17, 15) is 5.26 Å². The van der Waals surface area contributed by atoms with Crippen LogP contribution in [-0.4, -0.2) is 4.98 Å². The molecule has 0 N–H and O–H groups in total. The number of hydrogen-bond acceptors (Lipinski definition) is 3. The number of thiazole rings is 1. The zero-order valence-electron chi connectivity index (χ0n) is 11.5. The van der Waals surface area contributed by atoms with Crippen LogP contribution < -0.4 is 0 Å². The van der Waals surface area contributed by atoms with E-state index in [1.807, 2.05) is 24.3 Å². The van der Waals surface area contributed by atoms with E-state index in [0.717, 1.165) is 23.4 Å². The quantitative estimate of drug-likeness (QED) is 0.765. The summed E-state index contributed by atoms with van der Waals surface area (Å²) in [5.41, 5.74) is 4.17. The smallest absolute Gasteiger partial charge is 0.134 e. The van der Waals surface area contributed by atoms with Gasteiger partial charge < -0.3 is 0 Å². The van der Waals surface area contributed by atoms with Crippen LogP contribution in [0.2, 0.25) is 0 Å². The molecule has 0 radical (unpaired) electrons. The van der Waals surface area contributed by atoms with E-state index >= 15 is 0 Å². The number of hydrogen-bond donors (Lipinski definition) is 0. The number of nitriles is 1. The molecule has 0 saturated heterocycles. The number of rotatable bonds is 2. The van der Waals surface area contributed by atoms with Crippen molar-refractivity contribution in [2.75, 3.05) is 0 Å². The Labute approximate surface area is 123 Å². The number of aryl methyl sites for hydroxylation is 3. The Balaban J connectivity index is 2.00. The predicted molar refractivity (Wildman–Crippen MR) is 83.4 cm³/mol. The van der Waals surface area contributed by atoms with E-state index in [0.29, 0.717) is 5.57 Å². The molecule has 2 nitrogen and oxygen atoms in total. The molecule has 1 aliphatic carbocycles. The lowest BCUT2D eigenvalue weighted by atomic mass is 10.0. The van der Waals surface area contributed by atoms with Crippen molar-refractivity contribution in [2.45, 2.75) is 32.6 Å². The summed E-state index contributed by atoms with van der Waals surface area (Å²) in [6.45, 7) is 2.06. The molecule has 0 unspecified atom stereocenters. The zero-order chi connectivity index (χ0) is 13.9. The van der Waals surface area contributed by atoms with Gasteiger partial charge in [-0.15, -0.1) is 11.3 Å². The minimum atomic E-state index is 0.679. The van der Waals surface area contributed by atoms with Gasteiger partial charge in [-0.05, 0) is 49.8 Å². The largest absolute Gasteiger partial charge is 0.240 e. The second-order valence-electron chi connectivity index (χ2n) is 5.12. The monoisotopic (exact) mass is 280 g/mol. The molecule has 3 heteroatoms. The molecule has 0 spiro atoms. The van der Waals surface area contributed by atoms with E-state index in [4.69, 9.17) is 0 Å². The third kappa shape index (κ3) is 2.52. The molecule has 0 fully saturated rings. The molecule has 20 heavy (non-hydrogen) atoms. The third-order valence-electron chi connectivity index (χ3n) is 3.68. The molecule has 0 bridgehead atoms. The first kappa shape index (κ1) is 13.1. The molecule has 3 rings (SSSR count). The summed E-state index contributed by atoms with van der Waals surface area (Å²) >= 11 is 1.69. The molecule has 0 aliphatic heterocycles. The van der Waals surface area contributed by atoms with E-state index in [2.05, 4.69) is 24.0 Å². The highest BCUT2D eigenvalue weighted by Crippen LogP contribution is 2.31. The van der Waals surface area contributed by atoms with Crippen molar-refractivity contribution in [1.29, 1.82) is 5.26 Å². The summed E-state index contributed by atoms with van der Waals surface area (Å²) in [5, 5.41) is 10.3. The molecule has 1 heterocycles. The molecule has 1 aromatic carbocycles. The number of aromatic nitrogens is 1. The number of benzene rings is 1. The topological polar surface area (TPSA) is 36.7 Å². The van der Waals surface area contributed by atoms with Crippen LogP contribution in [0.15, 0.2) is 24.3 Å². The van der Waals surface area contributed by atoms with Gasteiger partial charge in [0, 0.05) is 4.88 Å². The van der Waals surface area contributed by atoms with E-state index in [-0.39, 0.29) is 0 Å². The molecular formula is C17H16N2S. The molecule has 100 valence electrons. The Bertz CT molecular complexity index is 681. The highest BCUT2D eigenvalue weighted by Gasteiger charge is 2.17. The van der Waals surface area contributed by atoms with Crippen molar-refractivity contribution in [3.63, 3.8) is 0 Å². The van der Waals surface area contributed by atoms with Crippen molar-refractivity contribution >= 4 is 23.0 Å². The third-order valence-corrected chi connectivity index (χ3v) is 4.88. The minimum Gasteiger partial charge on any atom is -0.240 e. The molecular weight excluding hydrogens is 264 g/mol. The minimum absolute atomic E-state index is 0.679. The molecule has 2 aromatic rings. The second-order valence-corrected chi connectivity index (χ2v) is 6.21. The van der Waals surface area contributed by atoms with Gasteiger partial charge in [0.1, 0.15) is 11.1 Å². The first-order valence-electron chi connectivity index (χ1n) is 6.94. The predicted octanol–water partition coefficient (Wildman–Crippen LogP) is 4.39. The fourth-order valence-corrected chi connectivity index (χ4v) is 3.63. The highest BCUT2D eigenvalue weighted by molar-refractivity contribution is 7.13. The van der Waals surface area contributed by atoms with Crippen molar-refractivity contribution in [3.8, 4) is 6.07 Å². The lowest BCUT2D eigenvalue weighted by Gasteiger charge is -2.06. The van der Waals surface area contributed by atoms with Gasteiger partial charge in [0.15, 0.2) is 0 Å². The molecule has 1 aromatic heterocycles. The molecule has 0 atom stereocenters. The van der Waals surface area contributed by atoms with Crippen LogP contribution in [0.25, 0.3) is 11.6 Å². The van der Waals surface area contributed by atoms with Gasteiger partial charge in [-0.3, -0.25) is 0 Å². The van der Waals surface area contributed by atoms with E-state index in [1.165, 1.54) is 29.0 Å². The fourth-order valence-electron chi connectivity index (χ4n) is 2.51. The number of allylic oxidation sites excluding steroid dienone is 1. The van der Waals surface area contributed by atoms with Crippen molar-refractivity contribution in [3.05, 3.63) is 51.0 Å². The van der Waals surface area contributed by atoms with E-state index in [1.54, 1.807) is 11.3 Å². The van der Waals surface area contributed by atoms with Crippen LogP contribution in [0, 0.1) is 18.3 Å². The standard InChI is InChI=1S/C17H16N2S/c1-12-6-2-3-7-13(12)10-14(11-18)17-19-15-8-4-5-9-16(15)20-17/h2-3,6-7,10H,4-5,8-9H2,1H3/b14-10+. The van der Waals surface area contributed by atoms with Gasteiger partial charge in [-0.25, -0.2) is 4.98 Å². The average molecular weight is 280 g/mol. The maximum absolute atomic E-state index is 9.44. The number of fused-ring (bicyclic) bond motifs is 1. The van der Waals surface area contributed by atoms with Crippen molar-refractivity contribution in [1.82, 2.24) is 4.98 Å². The highest BCUT2D eigenvalue weighted by atomic mass is 32.1. The maximum Gasteiger partial charge on any atom is 0.134 e. The Morgan fingerprint density at radius 1 is 1.30 bits per heavy atom. The zero-order valence-corrected chi connectivity index (χ0v) is 12.3. The Morgan fingerprint density at radius 3 is 2.85 bits per heavy atom. The van der Waals surface area contributed by atoms with Gasteiger partial charge in [0.05, 0.1) is 11.3 Å². The van der Waals surface area contributed by atoms with Crippen LogP contribution >= 0.6 is 11.3 Å². The molecule has 0 amide bonds. The van der Waals surface area contributed by atoms with Gasteiger partial charge in [0.25, 0.3) is 0 Å². The van der Waals surface area contributed by atoms with Gasteiger partial charge in [-0.2, -0.15) is 5.26 Å². The van der Waals surface area contributed by atoms with E-state index < -0.39 is 0 Å². The summed E-state index contributed by atoms with van der Waals surface area (Å²) in [4.78, 5) is 6.05. The molecule has 0 saturated carbocycles. The lowest BCUT2D eigenvalue weighted by molar-refractivity contribution is 0.682. The van der Waals surface area contributed by atoms with Crippen LogP contribution in [-0.2, 0) is 12.8 Å². The van der Waals surface area contributed by atoms with Crippen molar-refractivity contribution in [2.24, 2.45) is 0 Å². The Hall–Kier alpha value is -1.92. The maximum atomic E-state index is 9.44. The SMILES string of the molecule is Cc1ccccc1/C=C(\C#N)c1nc2c(s1)CCCC2. The Morgan fingerprint density at radius 2 is 2.10 bits per heavy atom. The van der Waals surface area contributed by atoms with Gasteiger partial charge in [-0.1, -0.05) is 24.3 Å². The summed E-state index contributed by atoms with van der Waals surface area (Å²) in [7, 11) is 0. The summed E-state index contributed by atoms with van der Waals surface area (Å²) in [5.74, 6) is 0. The fraction of sp³-hybridized carbons (Fsp3) is 0.294. The molecule has 1 aliphatic rings. The summed E-state index contributed by atoms with van der Waals surface area (Å²) in [6.07, 6.45) is 6.61. The van der Waals surface area contributed by atoms with Crippen LogP contribution in [0.4, 0.5) is 0 Å². The van der Waals surface area contributed by atoms with Gasteiger partial charge in [0.2, 0.25) is 0 Å². The summed E-state index contributed by atoms with van der Waals surface area (Å²) < 4.78 is 0. The van der Waals surface area contributed by atoms with Crippen molar-refractivity contribution < 1.29 is 0 Å².